The Morgan fingerprint density at radius 3 is 2.29 bits per heavy atom. The fourth-order valence-electron chi connectivity index (χ4n) is 4.28. The molecule has 0 atom stereocenters. The molecule has 1 aliphatic rings. The van der Waals surface area contributed by atoms with E-state index in [1.807, 2.05) is 85.8 Å². The molecule has 0 saturated carbocycles. The maximum absolute atomic E-state index is 13.7. The number of methoxy groups -OCH3 is 1. The summed E-state index contributed by atoms with van der Waals surface area (Å²) in [4.78, 5) is 28.6. The SMILES string of the molecule is COc1ccccc1C1=C(Nc2cccc3ccccc23)C(=O)N(Cc2ccc(C)cc2)C1=O. The van der Waals surface area contributed by atoms with E-state index >= 15 is 0 Å². The first-order valence-corrected chi connectivity index (χ1v) is 11.1. The zero-order valence-corrected chi connectivity index (χ0v) is 19.0. The maximum Gasteiger partial charge on any atom is 0.278 e. The molecule has 4 aromatic rings. The lowest BCUT2D eigenvalue weighted by atomic mass is 10.0. The number of benzene rings is 4. The van der Waals surface area contributed by atoms with Gasteiger partial charge in [0, 0.05) is 16.6 Å². The van der Waals surface area contributed by atoms with Gasteiger partial charge in [-0.05, 0) is 30.0 Å². The molecular weight excluding hydrogens is 424 g/mol. The van der Waals surface area contributed by atoms with Gasteiger partial charge in [-0.3, -0.25) is 14.5 Å². The molecule has 1 N–H and O–H groups in total. The lowest BCUT2D eigenvalue weighted by molar-refractivity contribution is -0.137. The van der Waals surface area contributed by atoms with Crippen molar-refractivity contribution in [3.05, 3.63) is 113 Å². The standard InChI is InChI=1S/C29H24N2O3/c1-19-14-16-20(17-15-19)18-31-28(32)26(23-11-5-6-13-25(23)34-2)27(29(31)33)30-24-12-7-9-21-8-3-4-10-22(21)24/h3-17,30H,18H2,1-2H3. The van der Waals surface area contributed by atoms with E-state index in [1.165, 1.54) is 4.90 Å². The number of anilines is 1. The van der Waals surface area contributed by atoms with Crippen LogP contribution in [-0.4, -0.2) is 23.8 Å². The molecule has 4 aromatic carbocycles. The summed E-state index contributed by atoms with van der Waals surface area (Å²) in [5, 5.41) is 5.31. The number of amides is 2. The maximum atomic E-state index is 13.7. The van der Waals surface area contributed by atoms with Gasteiger partial charge in [-0.1, -0.05) is 84.4 Å². The van der Waals surface area contributed by atoms with Crippen LogP contribution >= 0.6 is 0 Å². The molecule has 5 rings (SSSR count). The van der Waals surface area contributed by atoms with Crippen molar-refractivity contribution in [1.82, 2.24) is 4.90 Å². The normalized spacial score (nSPS) is 13.6. The number of aryl methyl sites for hydroxylation is 1. The molecular formula is C29H24N2O3. The van der Waals surface area contributed by atoms with Crippen molar-refractivity contribution in [2.45, 2.75) is 13.5 Å². The minimum atomic E-state index is -0.362. The van der Waals surface area contributed by atoms with Gasteiger partial charge in [0.2, 0.25) is 0 Å². The third-order valence-corrected chi connectivity index (χ3v) is 6.05. The van der Waals surface area contributed by atoms with Gasteiger partial charge in [0.25, 0.3) is 11.8 Å². The van der Waals surface area contributed by atoms with Crippen molar-refractivity contribution in [2.24, 2.45) is 0 Å². The van der Waals surface area contributed by atoms with Crippen molar-refractivity contribution >= 4 is 33.8 Å². The van der Waals surface area contributed by atoms with E-state index in [2.05, 4.69) is 5.32 Å². The Bertz CT molecular complexity index is 1430. The van der Waals surface area contributed by atoms with E-state index in [0.29, 0.717) is 16.9 Å². The summed E-state index contributed by atoms with van der Waals surface area (Å²) >= 11 is 0. The van der Waals surface area contributed by atoms with Crippen molar-refractivity contribution in [3.63, 3.8) is 0 Å². The van der Waals surface area contributed by atoms with Crippen molar-refractivity contribution in [2.75, 3.05) is 12.4 Å². The van der Waals surface area contributed by atoms with Crippen LogP contribution in [0.3, 0.4) is 0 Å². The smallest absolute Gasteiger partial charge is 0.278 e. The number of hydrogen-bond acceptors (Lipinski definition) is 4. The third kappa shape index (κ3) is 3.82. The average molecular weight is 449 g/mol. The van der Waals surface area contributed by atoms with Gasteiger partial charge in [0.05, 0.1) is 19.2 Å². The number of carbonyl (C=O) groups is 2. The van der Waals surface area contributed by atoms with Gasteiger partial charge in [-0.2, -0.15) is 0 Å². The number of para-hydroxylation sites is 1. The number of nitrogens with zero attached hydrogens (tertiary/aromatic N) is 1. The zero-order chi connectivity index (χ0) is 23.7. The van der Waals surface area contributed by atoms with E-state index in [1.54, 1.807) is 19.2 Å². The first-order valence-electron chi connectivity index (χ1n) is 11.1. The Morgan fingerprint density at radius 2 is 1.50 bits per heavy atom. The Labute approximate surface area is 198 Å². The number of rotatable bonds is 6. The van der Waals surface area contributed by atoms with Crippen LogP contribution in [0, 0.1) is 6.92 Å². The second-order valence-electron chi connectivity index (χ2n) is 8.28. The fraction of sp³-hybridized carbons (Fsp3) is 0.103. The molecule has 34 heavy (non-hydrogen) atoms. The van der Waals surface area contributed by atoms with Crippen LogP contribution in [0.15, 0.2) is 96.7 Å². The summed E-state index contributed by atoms with van der Waals surface area (Å²) in [7, 11) is 1.56. The van der Waals surface area contributed by atoms with Gasteiger partial charge in [-0.15, -0.1) is 0 Å². The zero-order valence-electron chi connectivity index (χ0n) is 19.0. The molecule has 1 aliphatic heterocycles. The quantitative estimate of drug-likeness (QED) is 0.393. The second-order valence-corrected chi connectivity index (χ2v) is 8.28. The Hall–Kier alpha value is -4.38. The molecule has 0 unspecified atom stereocenters. The largest absolute Gasteiger partial charge is 0.496 e. The van der Waals surface area contributed by atoms with Crippen molar-refractivity contribution in [3.8, 4) is 5.75 Å². The molecule has 0 spiro atoms. The van der Waals surface area contributed by atoms with E-state index in [9.17, 15) is 9.59 Å². The number of fused-ring (bicyclic) bond motifs is 1. The highest BCUT2D eigenvalue weighted by Crippen LogP contribution is 2.37. The predicted molar refractivity (Wildman–Crippen MR) is 134 cm³/mol. The first-order chi connectivity index (χ1) is 16.6. The van der Waals surface area contributed by atoms with E-state index in [4.69, 9.17) is 4.74 Å². The molecule has 168 valence electrons. The minimum Gasteiger partial charge on any atom is -0.496 e. The van der Waals surface area contributed by atoms with Crippen LogP contribution in [0.1, 0.15) is 16.7 Å². The van der Waals surface area contributed by atoms with Gasteiger partial charge >= 0.3 is 0 Å². The summed E-state index contributed by atoms with van der Waals surface area (Å²) < 4.78 is 5.53. The third-order valence-electron chi connectivity index (χ3n) is 6.05. The van der Waals surface area contributed by atoms with Crippen LogP contribution in [-0.2, 0) is 16.1 Å². The molecule has 2 amide bonds. The number of ether oxygens (including phenoxy) is 1. The first kappa shape index (κ1) is 21.5. The predicted octanol–water partition coefficient (Wildman–Crippen LogP) is 5.55. The summed E-state index contributed by atoms with van der Waals surface area (Å²) in [6.45, 7) is 2.20. The Balaban J connectivity index is 1.62. The fourth-order valence-corrected chi connectivity index (χ4v) is 4.28. The highest BCUT2D eigenvalue weighted by molar-refractivity contribution is 6.37. The van der Waals surface area contributed by atoms with Gasteiger partial charge < -0.3 is 10.1 Å². The molecule has 5 heteroatoms. The van der Waals surface area contributed by atoms with Crippen molar-refractivity contribution in [1.29, 1.82) is 0 Å². The molecule has 1 heterocycles. The summed E-state index contributed by atoms with van der Waals surface area (Å²) in [6.07, 6.45) is 0. The summed E-state index contributed by atoms with van der Waals surface area (Å²) in [6, 6.07) is 28.9. The number of imide groups is 1. The lowest BCUT2D eigenvalue weighted by Crippen LogP contribution is -2.32. The van der Waals surface area contributed by atoms with Gasteiger partial charge in [-0.25, -0.2) is 0 Å². The number of carbonyl (C=O) groups excluding carboxylic acids is 2. The van der Waals surface area contributed by atoms with Gasteiger partial charge in [0.1, 0.15) is 11.4 Å². The molecule has 0 saturated heterocycles. The van der Waals surface area contributed by atoms with E-state index < -0.39 is 0 Å². The molecule has 0 radical (unpaired) electrons. The highest BCUT2D eigenvalue weighted by Gasteiger charge is 2.40. The van der Waals surface area contributed by atoms with E-state index in [0.717, 1.165) is 27.6 Å². The van der Waals surface area contributed by atoms with Crippen LogP contribution in [0.25, 0.3) is 16.3 Å². The Morgan fingerprint density at radius 1 is 0.794 bits per heavy atom. The van der Waals surface area contributed by atoms with E-state index in [-0.39, 0.29) is 24.1 Å². The Kier molecular flexibility index (Phi) is 5.60. The molecule has 0 fully saturated rings. The van der Waals surface area contributed by atoms with Gasteiger partial charge in [0.15, 0.2) is 0 Å². The molecule has 0 aliphatic carbocycles. The van der Waals surface area contributed by atoms with Crippen LogP contribution < -0.4 is 10.1 Å². The summed E-state index contributed by atoms with van der Waals surface area (Å²) in [5.41, 5.74) is 3.91. The van der Waals surface area contributed by atoms with Crippen LogP contribution in [0.2, 0.25) is 0 Å². The highest BCUT2D eigenvalue weighted by atomic mass is 16.5. The van der Waals surface area contributed by atoms with Crippen molar-refractivity contribution < 1.29 is 14.3 Å². The van der Waals surface area contributed by atoms with Crippen LogP contribution in [0.4, 0.5) is 5.69 Å². The number of hydrogen-bond donors (Lipinski definition) is 1. The monoisotopic (exact) mass is 448 g/mol. The van der Waals surface area contributed by atoms with Crippen LogP contribution in [0.5, 0.6) is 5.75 Å². The minimum absolute atomic E-state index is 0.192. The summed E-state index contributed by atoms with van der Waals surface area (Å²) in [5.74, 6) is -0.176. The molecule has 0 bridgehead atoms. The molecule has 0 aromatic heterocycles. The average Bonchev–Trinajstić information content (AvgIpc) is 3.09. The topological polar surface area (TPSA) is 58.6 Å². The second kappa shape index (κ2) is 8.87. The number of nitrogens with one attached hydrogen (secondary N) is 1. The molecule has 5 nitrogen and oxygen atoms in total. The lowest BCUT2D eigenvalue weighted by Gasteiger charge is -2.16.